The molecule has 1 heterocycles. The number of rotatable bonds is 10. The SMILES string of the molecule is COc1cccc(C(OCC2CC(O)CN2C(=O)Cc2ccc3ccccc3c2)(c2ccccc2)c2ccccc2)c1OC. The summed E-state index contributed by atoms with van der Waals surface area (Å²) < 4.78 is 18.8. The van der Waals surface area contributed by atoms with Crippen LogP contribution in [0.5, 0.6) is 11.5 Å². The highest BCUT2D eigenvalue weighted by molar-refractivity contribution is 5.85. The van der Waals surface area contributed by atoms with Crippen LogP contribution in [0.1, 0.15) is 28.7 Å². The van der Waals surface area contributed by atoms with Gasteiger partial charge in [-0.25, -0.2) is 0 Å². The number of para-hydroxylation sites is 1. The molecular formula is C38H37NO5. The fourth-order valence-corrected chi connectivity index (χ4v) is 6.43. The molecule has 6 heteroatoms. The Morgan fingerprint density at radius 3 is 2.11 bits per heavy atom. The van der Waals surface area contributed by atoms with Crippen molar-refractivity contribution in [3.63, 3.8) is 0 Å². The lowest BCUT2D eigenvalue weighted by Crippen LogP contribution is -2.43. The van der Waals surface area contributed by atoms with E-state index in [0.29, 0.717) is 17.9 Å². The van der Waals surface area contributed by atoms with Gasteiger partial charge in [-0.05, 0) is 39.9 Å². The lowest BCUT2D eigenvalue weighted by Gasteiger charge is -2.38. The molecule has 0 aliphatic carbocycles. The molecule has 0 saturated carbocycles. The summed E-state index contributed by atoms with van der Waals surface area (Å²) in [6.45, 7) is 0.470. The van der Waals surface area contributed by atoms with Crippen molar-refractivity contribution in [2.24, 2.45) is 0 Å². The van der Waals surface area contributed by atoms with Crippen molar-refractivity contribution in [1.82, 2.24) is 4.90 Å². The lowest BCUT2D eigenvalue weighted by atomic mass is 9.79. The highest BCUT2D eigenvalue weighted by atomic mass is 16.5. The number of amides is 1. The van der Waals surface area contributed by atoms with Crippen molar-refractivity contribution in [1.29, 1.82) is 0 Å². The Balaban J connectivity index is 1.37. The topological polar surface area (TPSA) is 68.2 Å². The Morgan fingerprint density at radius 2 is 1.45 bits per heavy atom. The minimum Gasteiger partial charge on any atom is -0.493 e. The molecule has 2 unspecified atom stereocenters. The van der Waals surface area contributed by atoms with Gasteiger partial charge in [-0.3, -0.25) is 4.79 Å². The molecule has 0 bridgehead atoms. The smallest absolute Gasteiger partial charge is 0.227 e. The molecule has 1 amide bonds. The van der Waals surface area contributed by atoms with Gasteiger partial charge in [0.25, 0.3) is 0 Å². The van der Waals surface area contributed by atoms with Crippen molar-refractivity contribution >= 4 is 16.7 Å². The number of hydrogen-bond donors (Lipinski definition) is 1. The van der Waals surface area contributed by atoms with Gasteiger partial charge in [-0.2, -0.15) is 0 Å². The number of benzene rings is 5. The van der Waals surface area contributed by atoms with Crippen LogP contribution in [0.4, 0.5) is 0 Å². The minimum absolute atomic E-state index is 0.0329. The zero-order valence-corrected chi connectivity index (χ0v) is 25.1. The van der Waals surface area contributed by atoms with Crippen LogP contribution in [-0.2, 0) is 21.6 Å². The van der Waals surface area contributed by atoms with Crippen molar-refractivity contribution in [3.8, 4) is 11.5 Å². The van der Waals surface area contributed by atoms with Crippen molar-refractivity contribution < 1.29 is 24.1 Å². The molecule has 0 spiro atoms. The summed E-state index contributed by atoms with van der Waals surface area (Å²) in [5.74, 6) is 1.13. The second kappa shape index (κ2) is 12.9. The highest BCUT2D eigenvalue weighted by Crippen LogP contribution is 2.47. The van der Waals surface area contributed by atoms with E-state index in [-0.39, 0.29) is 31.5 Å². The number of aliphatic hydroxyl groups is 1. The van der Waals surface area contributed by atoms with E-state index >= 15 is 0 Å². The normalized spacial score (nSPS) is 16.7. The summed E-state index contributed by atoms with van der Waals surface area (Å²) in [5.41, 5.74) is 2.45. The molecule has 1 aliphatic rings. The Bertz CT molecular complexity index is 1680. The molecule has 5 aromatic rings. The van der Waals surface area contributed by atoms with Gasteiger partial charge < -0.3 is 24.2 Å². The Kier molecular flexibility index (Phi) is 8.64. The van der Waals surface area contributed by atoms with Crippen LogP contribution < -0.4 is 9.47 Å². The summed E-state index contributed by atoms with van der Waals surface area (Å²) in [4.78, 5) is 15.5. The molecule has 0 aromatic heterocycles. The van der Waals surface area contributed by atoms with Crippen LogP contribution in [-0.4, -0.2) is 55.4 Å². The molecule has 1 aliphatic heterocycles. The monoisotopic (exact) mass is 587 g/mol. The quantitative estimate of drug-likeness (QED) is 0.192. The minimum atomic E-state index is -1.09. The first-order chi connectivity index (χ1) is 21.5. The van der Waals surface area contributed by atoms with Gasteiger partial charge in [0.2, 0.25) is 5.91 Å². The fourth-order valence-electron chi connectivity index (χ4n) is 6.43. The Hall–Kier alpha value is -4.65. The fraction of sp³-hybridized carbons (Fsp3) is 0.237. The molecule has 6 nitrogen and oxygen atoms in total. The number of likely N-dealkylation sites (tertiary alicyclic amines) is 1. The van der Waals surface area contributed by atoms with Crippen molar-refractivity contribution in [3.05, 3.63) is 144 Å². The molecule has 5 aromatic carbocycles. The average molecular weight is 588 g/mol. The zero-order valence-electron chi connectivity index (χ0n) is 25.1. The number of fused-ring (bicyclic) bond motifs is 1. The summed E-state index contributed by atoms with van der Waals surface area (Å²) in [5, 5.41) is 13.0. The van der Waals surface area contributed by atoms with Gasteiger partial charge in [0.15, 0.2) is 11.5 Å². The van der Waals surface area contributed by atoms with Gasteiger partial charge in [0.05, 0.1) is 39.4 Å². The maximum atomic E-state index is 13.7. The standard InChI is InChI=1S/C38H37NO5/c1-42-35-19-11-18-34(37(35)43-2)38(30-14-5-3-6-15-30,31-16-7-4-8-17-31)44-26-32-24-33(40)25-39(32)36(41)23-27-20-21-28-12-9-10-13-29(28)22-27/h3-22,32-33,40H,23-26H2,1-2H3. The van der Waals surface area contributed by atoms with E-state index in [2.05, 4.69) is 18.2 Å². The van der Waals surface area contributed by atoms with Gasteiger partial charge in [-0.1, -0.05) is 115 Å². The number of methoxy groups -OCH3 is 2. The van der Waals surface area contributed by atoms with Crippen LogP contribution in [0.15, 0.2) is 121 Å². The molecule has 1 N–H and O–H groups in total. The zero-order chi connectivity index (χ0) is 30.5. The average Bonchev–Trinajstić information content (AvgIpc) is 3.46. The second-order valence-electron chi connectivity index (χ2n) is 11.2. The summed E-state index contributed by atoms with van der Waals surface area (Å²) in [7, 11) is 3.25. The molecular weight excluding hydrogens is 550 g/mol. The molecule has 44 heavy (non-hydrogen) atoms. The first-order valence-electron chi connectivity index (χ1n) is 14.9. The van der Waals surface area contributed by atoms with Gasteiger partial charge >= 0.3 is 0 Å². The third-order valence-corrected chi connectivity index (χ3v) is 8.52. The summed E-state index contributed by atoms with van der Waals surface area (Å²) >= 11 is 0. The molecule has 6 rings (SSSR count). The maximum Gasteiger partial charge on any atom is 0.227 e. The van der Waals surface area contributed by atoms with E-state index in [1.807, 2.05) is 103 Å². The summed E-state index contributed by atoms with van der Waals surface area (Å²) in [6, 6.07) is 39.8. The first kappa shape index (κ1) is 29.4. The molecule has 0 radical (unpaired) electrons. The largest absolute Gasteiger partial charge is 0.493 e. The Morgan fingerprint density at radius 1 is 0.795 bits per heavy atom. The summed E-state index contributed by atoms with van der Waals surface area (Å²) in [6.07, 6.45) is 0.0527. The predicted molar refractivity (Wildman–Crippen MR) is 172 cm³/mol. The number of carbonyl (C=O) groups is 1. The number of nitrogens with zero attached hydrogens (tertiary/aromatic N) is 1. The number of ether oxygens (including phenoxy) is 3. The van der Waals surface area contributed by atoms with Gasteiger partial charge in [0, 0.05) is 12.1 Å². The van der Waals surface area contributed by atoms with Crippen molar-refractivity contribution in [2.45, 2.75) is 30.6 Å². The van der Waals surface area contributed by atoms with E-state index in [4.69, 9.17) is 14.2 Å². The van der Waals surface area contributed by atoms with E-state index in [1.54, 1.807) is 19.1 Å². The molecule has 1 saturated heterocycles. The van der Waals surface area contributed by atoms with E-state index in [9.17, 15) is 9.90 Å². The number of carbonyl (C=O) groups excluding carboxylic acids is 1. The van der Waals surface area contributed by atoms with Crippen LogP contribution in [0.3, 0.4) is 0 Å². The van der Waals surface area contributed by atoms with E-state index in [0.717, 1.165) is 33.0 Å². The second-order valence-corrected chi connectivity index (χ2v) is 11.2. The first-order valence-corrected chi connectivity index (χ1v) is 14.9. The third kappa shape index (κ3) is 5.66. The van der Waals surface area contributed by atoms with Crippen LogP contribution in [0.25, 0.3) is 10.8 Å². The lowest BCUT2D eigenvalue weighted by molar-refractivity contribution is -0.133. The van der Waals surface area contributed by atoms with Crippen LogP contribution in [0, 0.1) is 0 Å². The molecule has 2 atom stereocenters. The third-order valence-electron chi connectivity index (χ3n) is 8.52. The number of β-amino-alcohol motifs (C(OH)–C–C–N with tert-alkyl or cyclic N) is 1. The number of aliphatic hydroxyl groups excluding tert-OH is 1. The molecule has 224 valence electrons. The van der Waals surface area contributed by atoms with E-state index in [1.165, 1.54) is 0 Å². The predicted octanol–water partition coefficient (Wildman–Crippen LogP) is 6.37. The maximum absolute atomic E-state index is 13.7. The van der Waals surface area contributed by atoms with E-state index < -0.39 is 11.7 Å². The Labute approximate surface area is 258 Å². The van der Waals surface area contributed by atoms with Crippen LogP contribution in [0.2, 0.25) is 0 Å². The number of hydrogen-bond acceptors (Lipinski definition) is 5. The molecule has 1 fully saturated rings. The van der Waals surface area contributed by atoms with Crippen molar-refractivity contribution in [2.75, 3.05) is 27.4 Å². The van der Waals surface area contributed by atoms with Crippen LogP contribution >= 0.6 is 0 Å². The van der Waals surface area contributed by atoms with Gasteiger partial charge in [-0.15, -0.1) is 0 Å². The highest BCUT2D eigenvalue weighted by Gasteiger charge is 2.43. The van der Waals surface area contributed by atoms with Gasteiger partial charge in [0.1, 0.15) is 5.60 Å².